The molecule has 0 spiro atoms. The largest absolute Gasteiger partial charge is 0.365 e. The molecular formula is C18H19N3O3. The zero-order valence-electron chi connectivity index (χ0n) is 13.5. The molecule has 1 aromatic carbocycles. The Labute approximate surface area is 140 Å². The standard InChI is InChI=1S/C18H19N3O3/c1-3-17(22)21-9-10-24-16(11-21)18(23)20-15-6-4-5-14-13(15)8-7-12(2)19-14/h3-8,16H,1,9-11H2,2H3,(H,20,23)/t16-/m1/s1. The molecule has 1 atom stereocenters. The van der Waals surface area contributed by atoms with E-state index in [1.54, 1.807) is 4.90 Å². The van der Waals surface area contributed by atoms with E-state index in [0.29, 0.717) is 18.8 Å². The van der Waals surface area contributed by atoms with Crippen LogP contribution in [0.4, 0.5) is 5.69 Å². The van der Waals surface area contributed by atoms with E-state index in [1.807, 2.05) is 37.3 Å². The van der Waals surface area contributed by atoms with E-state index in [-0.39, 0.29) is 18.4 Å². The van der Waals surface area contributed by atoms with Gasteiger partial charge >= 0.3 is 0 Å². The lowest BCUT2D eigenvalue weighted by Crippen LogP contribution is -2.49. The maximum Gasteiger partial charge on any atom is 0.255 e. The van der Waals surface area contributed by atoms with Crippen molar-refractivity contribution >= 4 is 28.4 Å². The van der Waals surface area contributed by atoms with Crippen molar-refractivity contribution in [3.05, 3.63) is 48.7 Å². The van der Waals surface area contributed by atoms with E-state index >= 15 is 0 Å². The van der Waals surface area contributed by atoms with Gasteiger partial charge in [-0.15, -0.1) is 0 Å². The fraction of sp³-hybridized carbons (Fsp3) is 0.278. The molecular weight excluding hydrogens is 306 g/mol. The van der Waals surface area contributed by atoms with Crippen LogP contribution in [-0.4, -0.2) is 47.5 Å². The van der Waals surface area contributed by atoms with Crippen molar-refractivity contribution in [1.29, 1.82) is 0 Å². The van der Waals surface area contributed by atoms with Crippen molar-refractivity contribution < 1.29 is 14.3 Å². The van der Waals surface area contributed by atoms with E-state index in [4.69, 9.17) is 4.74 Å². The second-order valence-electron chi connectivity index (χ2n) is 5.66. The van der Waals surface area contributed by atoms with Crippen LogP contribution >= 0.6 is 0 Å². The van der Waals surface area contributed by atoms with E-state index < -0.39 is 6.10 Å². The first-order chi connectivity index (χ1) is 11.6. The first-order valence-corrected chi connectivity index (χ1v) is 7.78. The smallest absolute Gasteiger partial charge is 0.255 e. The van der Waals surface area contributed by atoms with Crippen molar-refractivity contribution in [2.45, 2.75) is 13.0 Å². The van der Waals surface area contributed by atoms with Crippen LogP contribution in [0, 0.1) is 6.92 Å². The normalized spacial score (nSPS) is 17.5. The Morgan fingerprint density at radius 2 is 2.21 bits per heavy atom. The van der Waals surface area contributed by atoms with Gasteiger partial charge in [0.05, 0.1) is 24.4 Å². The molecule has 1 saturated heterocycles. The second kappa shape index (κ2) is 6.80. The summed E-state index contributed by atoms with van der Waals surface area (Å²) in [7, 11) is 0. The molecule has 1 aliphatic heterocycles. The summed E-state index contributed by atoms with van der Waals surface area (Å²) in [6, 6.07) is 9.41. The molecule has 1 aromatic heterocycles. The van der Waals surface area contributed by atoms with Gasteiger partial charge in [0.25, 0.3) is 5.91 Å². The third-order valence-electron chi connectivity index (χ3n) is 3.97. The molecule has 2 heterocycles. The van der Waals surface area contributed by atoms with Crippen molar-refractivity contribution in [1.82, 2.24) is 9.88 Å². The number of pyridine rings is 1. The highest BCUT2D eigenvalue weighted by Crippen LogP contribution is 2.23. The van der Waals surface area contributed by atoms with E-state index in [9.17, 15) is 9.59 Å². The molecule has 1 fully saturated rings. The van der Waals surface area contributed by atoms with Gasteiger partial charge in [0, 0.05) is 17.6 Å². The zero-order valence-corrected chi connectivity index (χ0v) is 13.5. The quantitative estimate of drug-likeness (QED) is 0.875. The maximum atomic E-state index is 12.5. The van der Waals surface area contributed by atoms with Crippen LogP contribution in [0.5, 0.6) is 0 Å². The number of nitrogens with one attached hydrogen (secondary N) is 1. The number of rotatable bonds is 3. The van der Waals surface area contributed by atoms with Gasteiger partial charge in [-0.25, -0.2) is 0 Å². The first kappa shape index (κ1) is 16.1. The van der Waals surface area contributed by atoms with Gasteiger partial charge in [-0.3, -0.25) is 14.6 Å². The second-order valence-corrected chi connectivity index (χ2v) is 5.66. The van der Waals surface area contributed by atoms with Crippen LogP contribution in [0.25, 0.3) is 10.9 Å². The lowest BCUT2D eigenvalue weighted by atomic mass is 10.1. The Balaban J connectivity index is 1.77. The van der Waals surface area contributed by atoms with Gasteiger partial charge < -0.3 is 15.0 Å². The number of fused-ring (bicyclic) bond motifs is 1. The van der Waals surface area contributed by atoms with Gasteiger partial charge in [0.1, 0.15) is 0 Å². The highest BCUT2D eigenvalue weighted by Gasteiger charge is 2.28. The minimum atomic E-state index is -0.698. The third kappa shape index (κ3) is 3.28. The number of morpholine rings is 1. The molecule has 0 radical (unpaired) electrons. The van der Waals surface area contributed by atoms with Gasteiger partial charge in [-0.05, 0) is 37.3 Å². The lowest BCUT2D eigenvalue weighted by molar-refractivity contribution is -0.141. The lowest BCUT2D eigenvalue weighted by Gasteiger charge is -2.31. The number of anilines is 1. The summed E-state index contributed by atoms with van der Waals surface area (Å²) in [4.78, 5) is 30.2. The summed E-state index contributed by atoms with van der Waals surface area (Å²) in [5.41, 5.74) is 2.42. The van der Waals surface area contributed by atoms with Crippen molar-refractivity contribution in [3.63, 3.8) is 0 Å². The van der Waals surface area contributed by atoms with Crippen LogP contribution in [0.15, 0.2) is 43.0 Å². The SMILES string of the molecule is C=CC(=O)N1CCO[C@@H](C(=O)Nc2cccc3nc(C)ccc23)C1. The molecule has 0 bridgehead atoms. The summed E-state index contributed by atoms with van der Waals surface area (Å²) < 4.78 is 5.51. The predicted octanol–water partition coefficient (Wildman–Crippen LogP) is 1.90. The average Bonchev–Trinajstić information content (AvgIpc) is 2.61. The topological polar surface area (TPSA) is 71.5 Å². The summed E-state index contributed by atoms with van der Waals surface area (Å²) in [6.07, 6.45) is 0.551. The van der Waals surface area contributed by atoms with Crippen LogP contribution in [0.1, 0.15) is 5.69 Å². The number of aryl methyl sites for hydroxylation is 1. The molecule has 1 N–H and O–H groups in total. The number of hydrogen-bond donors (Lipinski definition) is 1. The minimum absolute atomic E-state index is 0.194. The zero-order chi connectivity index (χ0) is 17.1. The number of ether oxygens (including phenoxy) is 1. The Morgan fingerprint density at radius 1 is 1.38 bits per heavy atom. The average molecular weight is 325 g/mol. The molecule has 0 saturated carbocycles. The molecule has 3 rings (SSSR count). The summed E-state index contributed by atoms with van der Waals surface area (Å²) in [5, 5.41) is 3.75. The summed E-state index contributed by atoms with van der Waals surface area (Å²) >= 11 is 0. The number of carbonyl (C=O) groups is 2. The molecule has 6 nitrogen and oxygen atoms in total. The number of hydrogen-bond acceptors (Lipinski definition) is 4. The molecule has 2 amide bonds. The Hall–Kier alpha value is -2.73. The van der Waals surface area contributed by atoms with Gasteiger partial charge in [0.15, 0.2) is 6.10 Å². The highest BCUT2D eigenvalue weighted by molar-refractivity contribution is 6.03. The molecule has 2 aromatic rings. The van der Waals surface area contributed by atoms with Crippen LogP contribution in [-0.2, 0) is 14.3 Å². The monoisotopic (exact) mass is 325 g/mol. The Kier molecular flexibility index (Phi) is 4.57. The number of carbonyl (C=O) groups excluding carboxylic acids is 2. The van der Waals surface area contributed by atoms with Crippen molar-refractivity contribution in [2.24, 2.45) is 0 Å². The molecule has 1 aliphatic rings. The number of amides is 2. The van der Waals surface area contributed by atoms with Crippen LogP contribution < -0.4 is 5.32 Å². The summed E-state index contributed by atoms with van der Waals surface area (Å²) in [5.74, 6) is -0.467. The van der Waals surface area contributed by atoms with Gasteiger partial charge in [-0.2, -0.15) is 0 Å². The third-order valence-corrected chi connectivity index (χ3v) is 3.97. The molecule has 0 aliphatic carbocycles. The predicted molar refractivity (Wildman–Crippen MR) is 91.6 cm³/mol. The van der Waals surface area contributed by atoms with Gasteiger partial charge in [0.2, 0.25) is 5.91 Å². The fourth-order valence-electron chi connectivity index (χ4n) is 2.72. The minimum Gasteiger partial charge on any atom is -0.365 e. The molecule has 6 heteroatoms. The number of nitrogens with zero attached hydrogens (tertiary/aromatic N) is 2. The van der Waals surface area contributed by atoms with Crippen molar-refractivity contribution in [3.8, 4) is 0 Å². The van der Waals surface area contributed by atoms with Crippen LogP contribution in [0.2, 0.25) is 0 Å². The van der Waals surface area contributed by atoms with Crippen LogP contribution in [0.3, 0.4) is 0 Å². The van der Waals surface area contributed by atoms with Crippen molar-refractivity contribution in [2.75, 3.05) is 25.0 Å². The van der Waals surface area contributed by atoms with E-state index in [1.165, 1.54) is 6.08 Å². The van der Waals surface area contributed by atoms with Gasteiger partial charge in [-0.1, -0.05) is 12.6 Å². The molecule has 124 valence electrons. The Bertz CT molecular complexity index is 803. The Morgan fingerprint density at radius 3 is 3.00 bits per heavy atom. The fourth-order valence-corrected chi connectivity index (χ4v) is 2.72. The number of benzene rings is 1. The molecule has 0 unspecified atom stereocenters. The molecule has 24 heavy (non-hydrogen) atoms. The first-order valence-electron chi connectivity index (χ1n) is 7.78. The maximum absolute atomic E-state index is 12.5. The summed E-state index contributed by atoms with van der Waals surface area (Å²) in [6.45, 7) is 6.41. The van der Waals surface area contributed by atoms with E-state index in [0.717, 1.165) is 16.6 Å². The van der Waals surface area contributed by atoms with E-state index in [2.05, 4.69) is 16.9 Å². The number of aromatic nitrogens is 1. The highest BCUT2D eigenvalue weighted by atomic mass is 16.5.